The Morgan fingerprint density at radius 1 is 1.20 bits per heavy atom. The molecule has 5 nitrogen and oxygen atoms in total. The van der Waals surface area contributed by atoms with Gasteiger partial charge in [-0.2, -0.15) is 0 Å². The fraction of sp³-hybridized carbons (Fsp3) is 0.600. The van der Waals surface area contributed by atoms with Crippen molar-refractivity contribution in [3.63, 3.8) is 0 Å². The zero-order chi connectivity index (χ0) is 18.1. The summed E-state index contributed by atoms with van der Waals surface area (Å²) in [6.45, 7) is 5.76. The number of aryl methyl sites for hydroxylation is 1. The summed E-state index contributed by atoms with van der Waals surface area (Å²) in [7, 11) is 0. The number of carbonyl (C=O) groups excluding carboxylic acids is 1. The average molecular weight is 345 g/mol. The third-order valence-corrected chi connectivity index (χ3v) is 4.66. The summed E-state index contributed by atoms with van der Waals surface area (Å²) in [4.78, 5) is 18.4. The molecule has 1 aliphatic rings. The third kappa shape index (κ3) is 5.21. The van der Waals surface area contributed by atoms with Gasteiger partial charge in [-0.15, -0.1) is 0 Å². The van der Waals surface area contributed by atoms with Crippen LogP contribution in [0.3, 0.4) is 0 Å². The number of hydrogen-bond acceptors (Lipinski definition) is 3. The van der Waals surface area contributed by atoms with Crippen molar-refractivity contribution in [1.29, 1.82) is 0 Å². The van der Waals surface area contributed by atoms with Gasteiger partial charge in [-0.1, -0.05) is 45.3 Å². The van der Waals surface area contributed by atoms with Crippen LogP contribution in [0.1, 0.15) is 58.8 Å². The van der Waals surface area contributed by atoms with E-state index in [1.807, 2.05) is 15.7 Å². The summed E-state index contributed by atoms with van der Waals surface area (Å²) in [5.74, 6) is -0.242. The van der Waals surface area contributed by atoms with E-state index in [9.17, 15) is 9.90 Å². The van der Waals surface area contributed by atoms with Gasteiger partial charge in [0, 0.05) is 31.1 Å². The van der Waals surface area contributed by atoms with Crippen molar-refractivity contribution in [2.75, 3.05) is 6.54 Å². The van der Waals surface area contributed by atoms with Gasteiger partial charge in [-0.3, -0.25) is 4.79 Å². The molecule has 0 saturated carbocycles. The summed E-state index contributed by atoms with van der Waals surface area (Å²) in [6, 6.07) is -0.0845. The first-order valence-corrected chi connectivity index (χ1v) is 9.54. The van der Waals surface area contributed by atoms with E-state index in [0.717, 1.165) is 57.1 Å². The van der Waals surface area contributed by atoms with Gasteiger partial charge in [0.2, 0.25) is 0 Å². The summed E-state index contributed by atoms with van der Waals surface area (Å²) in [6.07, 6.45) is 16.7. The van der Waals surface area contributed by atoms with Crippen LogP contribution < -0.4 is 0 Å². The maximum absolute atomic E-state index is 12.5. The molecule has 0 fully saturated rings. The van der Waals surface area contributed by atoms with Crippen LogP contribution in [0.15, 0.2) is 42.2 Å². The fourth-order valence-corrected chi connectivity index (χ4v) is 3.25. The standard InChI is InChI=1S/C20H31N3O2/c1-3-5-7-10-17-18(11-8-6-4-2)23(20(25)19(17)24)14-9-13-22-15-12-21-16-22/h8,11-12,15-16,18,24H,3-7,9-10,13-14H2,1-2H3/b11-8+. The minimum atomic E-state index is -0.219. The van der Waals surface area contributed by atoms with Gasteiger partial charge in [-0.05, 0) is 25.7 Å². The van der Waals surface area contributed by atoms with E-state index in [4.69, 9.17) is 0 Å². The highest BCUT2D eigenvalue weighted by Gasteiger charge is 2.36. The van der Waals surface area contributed by atoms with Gasteiger partial charge < -0.3 is 14.6 Å². The number of amides is 1. The second-order valence-corrected chi connectivity index (χ2v) is 6.65. The van der Waals surface area contributed by atoms with E-state index in [1.54, 1.807) is 12.5 Å². The topological polar surface area (TPSA) is 58.4 Å². The van der Waals surface area contributed by atoms with Crippen LogP contribution in [0.4, 0.5) is 0 Å². The van der Waals surface area contributed by atoms with Crippen molar-refractivity contribution < 1.29 is 9.90 Å². The van der Waals surface area contributed by atoms with Crippen LogP contribution in [-0.2, 0) is 11.3 Å². The molecule has 0 bridgehead atoms. The van der Waals surface area contributed by atoms with Crippen LogP contribution in [0, 0.1) is 0 Å². The van der Waals surface area contributed by atoms with Crippen molar-refractivity contribution >= 4 is 5.91 Å². The quantitative estimate of drug-likeness (QED) is 0.482. The highest BCUT2D eigenvalue weighted by atomic mass is 16.3. The van der Waals surface area contributed by atoms with Crippen LogP contribution in [0.25, 0.3) is 0 Å². The molecule has 1 aromatic rings. The molecule has 0 aliphatic carbocycles. The van der Waals surface area contributed by atoms with Crippen LogP contribution in [0.5, 0.6) is 0 Å². The SMILES string of the molecule is CCC/C=C/C1C(CCCCC)=C(O)C(=O)N1CCCn1ccnc1. The van der Waals surface area contributed by atoms with Crippen LogP contribution in [0.2, 0.25) is 0 Å². The van der Waals surface area contributed by atoms with Crippen molar-refractivity contribution in [3.8, 4) is 0 Å². The molecule has 1 unspecified atom stereocenters. The number of imidazole rings is 1. The van der Waals surface area contributed by atoms with Gasteiger partial charge in [0.15, 0.2) is 5.76 Å². The molecule has 2 rings (SSSR count). The highest BCUT2D eigenvalue weighted by Crippen LogP contribution is 2.30. The largest absolute Gasteiger partial charge is 0.503 e. The lowest BCUT2D eigenvalue weighted by Gasteiger charge is -2.24. The number of aliphatic hydroxyl groups excluding tert-OH is 1. The average Bonchev–Trinajstić information content (AvgIpc) is 3.20. The smallest absolute Gasteiger partial charge is 0.289 e. The Kier molecular flexibility index (Phi) is 7.76. The highest BCUT2D eigenvalue weighted by molar-refractivity contribution is 5.95. The molecule has 1 aromatic heterocycles. The lowest BCUT2D eigenvalue weighted by Crippen LogP contribution is -2.35. The molecular weight excluding hydrogens is 314 g/mol. The Bertz CT molecular complexity index is 590. The number of aromatic nitrogens is 2. The maximum atomic E-state index is 12.5. The second-order valence-electron chi connectivity index (χ2n) is 6.65. The van der Waals surface area contributed by atoms with E-state index in [0.29, 0.717) is 6.54 Å². The van der Waals surface area contributed by atoms with Gasteiger partial charge in [0.05, 0.1) is 12.4 Å². The Morgan fingerprint density at radius 2 is 2.04 bits per heavy atom. The first-order chi connectivity index (χ1) is 12.2. The van der Waals surface area contributed by atoms with Crippen LogP contribution >= 0.6 is 0 Å². The number of carbonyl (C=O) groups is 1. The van der Waals surface area contributed by atoms with E-state index < -0.39 is 0 Å². The van der Waals surface area contributed by atoms with Gasteiger partial charge >= 0.3 is 0 Å². The number of hydrogen-bond donors (Lipinski definition) is 1. The van der Waals surface area contributed by atoms with Crippen molar-refractivity contribution in [3.05, 3.63) is 42.2 Å². The number of unbranched alkanes of at least 4 members (excludes halogenated alkanes) is 3. The molecule has 1 N–H and O–H groups in total. The molecular formula is C20H31N3O2. The lowest BCUT2D eigenvalue weighted by atomic mass is 10.00. The number of nitrogens with zero attached hydrogens (tertiary/aromatic N) is 3. The molecule has 0 aromatic carbocycles. The van der Waals surface area contributed by atoms with E-state index in [2.05, 4.69) is 31.0 Å². The minimum absolute atomic E-state index is 0.0233. The number of aliphatic hydroxyl groups is 1. The molecule has 25 heavy (non-hydrogen) atoms. The van der Waals surface area contributed by atoms with Gasteiger partial charge in [0.1, 0.15) is 0 Å². The second kappa shape index (κ2) is 10.1. The number of rotatable bonds is 11. The summed E-state index contributed by atoms with van der Waals surface area (Å²) >= 11 is 0. The lowest BCUT2D eigenvalue weighted by molar-refractivity contribution is -0.128. The first-order valence-electron chi connectivity index (χ1n) is 9.54. The summed E-state index contributed by atoms with van der Waals surface area (Å²) in [5.41, 5.74) is 0.897. The predicted octanol–water partition coefficient (Wildman–Crippen LogP) is 4.23. The Morgan fingerprint density at radius 3 is 2.72 bits per heavy atom. The minimum Gasteiger partial charge on any atom is -0.503 e. The monoisotopic (exact) mass is 345 g/mol. The molecule has 1 aliphatic heterocycles. The normalized spacial score (nSPS) is 18.1. The van der Waals surface area contributed by atoms with Crippen LogP contribution in [-0.4, -0.2) is 38.1 Å². The zero-order valence-corrected chi connectivity index (χ0v) is 15.5. The molecule has 138 valence electrons. The molecule has 1 amide bonds. The first kappa shape index (κ1) is 19.3. The molecule has 0 spiro atoms. The van der Waals surface area contributed by atoms with E-state index in [-0.39, 0.29) is 17.7 Å². The molecule has 0 radical (unpaired) electrons. The fourth-order valence-electron chi connectivity index (χ4n) is 3.25. The van der Waals surface area contributed by atoms with Gasteiger partial charge in [0.25, 0.3) is 5.91 Å². The maximum Gasteiger partial charge on any atom is 0.289 e. The molecule has 5 heteroatoms. The molecule has 0 saturated heterocycles. The molecule has 1 atom stereocenters. The van der Waals surface area contributed by atoms with Crippen molar-refractivity contribution in [2.45, 2.75) is 71.4 Å². The Labute approximate surface area is 151 Å². The Hall–Kier alpha value is -2.04. The zero-order valence-electron chi connectivity index (χ0n) is 15.5. The van der Waals surface area contributed by atoms with Gasteiger partial charge in [-0.25, -0.2) is 4.98 Å². The predicted molar refractivity (Wildman–Crippen MR) is 100 cm³/mol. The summed E-state index contributed by atoms with van der Waals surface area (Å²) in [5, 5.41) is 10.4. The van der Waals surface area contributed by atoms with E-state index in [1.165, 1.54) is 0 Å². The van der Waals surface area contributed by atoms with Crippen molar-refractivity contribution in [2.24, 2.45) is 0 Å². The Balaban J connectivity index is 2.03. The summed E-state index contributed by atoms with van der Waals surface area (Å²) < 4.78 is 2.01. The van der Waals surface area contributed by atoms with E-state index >= 15 is 0 Å². The third-order valence-electron chi connectivity index (χ3n) is 4.66. The molecule has 2 heterocycles. The van der Waals surface area contributed by atoms with Crippen molar-refractivity contribution in [1.82, 2.24) is 14.5 Å². The number of allylic oxidation sites excluding steroid dienone is 1.